The van der Waals surface area contributed by atoms with E-state index >= 15 is 0 Å². The highest BCUT2D eigenvalue weighted by atomic mass is 79.9. The molecular formula is C54H64BrN9O5. The Morgan fingerprint density at radius 1 is 0.754 bits per heavy atom. The number of nitrogens with zero attached hydrogens (tertiary/aromatic N) is 9. The molecule has 0 N–H and O–H groups in total. The van der Waals surface area contributed by atoms with Gasteiger partial charge in [0.2, 0.25) is 5.91 Å². The van der Waals surface area contributed by atoms with Crippen LogP contribution in [0.15, 0.2) is 94.3 Å². The number of halogens is 1. The van der Waals surface area contributed by atoms with Gasteiger partial charge in [0.25, 0.3) is 11.8 Å². The molecular weight excluding hydrogens is 935 g/mol. The SMILES string of the molecule is COc1ccc(CN2C(=O)CCC(n3c(=O)n(C)c4cc(CN5CCN(CC6CCN(C(=O)c7ccc(C8CCN(Cc9cc%10c(Br)ccnc%10n9C)CC8)cc7)CC6)[C@H](C)C5)ccc43)C2=O)cc1. The topological polar surface area (TPSA) is 121 Å². The Balaban J connectivity index is 0.679. The molecule has 0 bridgehead atoms. The number of hydrogen-bond acceptors (Lipinski definition) is 9. The number of methoxy groups -OCH3 is 1. The minimum absolute atomic E-state index is 0.147. The zero-order valence-corrected chi connectivity index (χ0v) is 41.9. The minimum atomic E-state index is -0.753. The number of hydrogen-bond donors (Lipinski definition) is 0. The van der Waals surface area contributed by atoms with Crippen molar-refractivity contribution >= 4 is 55.7 Å². The van der Waals surface area contributed by atoms with Gasteiger partial charge in [-0.05, 0) is 145 Å². The van der Waals surface area contributed by atoms with E-state index in [1.54, 1.807) is 23.3 Å². The molecule has 362 valence electrons. The van der Waals surface area contributed by atoms with Crippen LogP contribution in [0.1, 0.15) is 90.2 Å². The number of piperazine rings is 1. The Labute approximate surface area is 412 Å². The van der Waals surface area contributed by atoms with Crippen molar-refractivity contribution < 1.29 is 19.1 Å². The second-order valence-electron chi connectivity index (χ2n) is 20.0. The number of likely N-dealkylation sites (tertiary alicyclic amines) is 3. The van der Waals surface area contributed by atoms with E-state index in [0.29, 0.717) is 35.6 Å². The van der Waals surface area contributed by atoms with Gasteiger partial charge in [-0.2, -0.15) is 0 Å². The Morgan fingerprint density at radius 3 is 2.20 bits per heavy atom. The van der Waals surface area contributed by atoms with Crippen LogP contribution in [0.5, 0.6) is 5.75 Å². The van der Waals surface area contributed by atoms with Crippen LogP contribution in [0.25, 0.3) is 22.1 Å². The summed E-state index contributed by atoms with van der Waals surface area (Å²) in [6.45, 7) is 11.8. The number of benzene rings is 3. The number of piperidine rings is 3. The molecule has 3 aromatic heterocycles. The number of aromatic nitrogens is 4. The first kappa shape index (κ1) is 47.1. The quantitative estimate of drug-likeness (QED) is 0.116. The van der Waals surface area contributed by atoms with Crippen molar-refractivity contribution in [3.8, 4) is 5.75 Å². The number of carbonyl (C=O) groups is 3. The second kappa shape index (κ2) is 20.0. The fraction of sp³-hybridized carbons (Fsp3) is 0.463. The lowest BCUT2D eigenvalue weighted by Crippen LogP contribution is -2.53. The Bertz CT molecular complexity index is 2910. The number of imide groups is 1. The molecule has 1 unspecified atom stereocenters. The van der Waals surface area contributed by atoms with Gasteiger partial charge in [0.1, 0.15) is 17.4 Å². The molecule has 3 amide bonds. The standard InChI is InChI=1S/C54H64BrN9O5/c1-36-31-60(32-39-7-14-47-49(29-39)58(3)54(68)64(47)48-15-16-50(65)63(53(48)67)34-37-5-12-44(69-4)13-6-37)27-28-62(36)33-38-18-25-61(26-19-38)52(66)42-10-8-40(9-11-42)41-20-23-59(24-21-41)35-43-30-45-46(55)17-22-56-51(45)57(43)2/h5-14,17,22,29-30,36,38,41,48H,15-16,18-21,23-28,31-35H2,1-4H3/t36-,48?/m1/s1. The van der Waals surface area contributed by atoms with Gasteiger partial charge < -0.3 is 14.2 Å². The fourth-order valence-electron chi connectivity index (χ4n) is 11.5. The van der Waals surface area contributed by atoms with Crippen molar-refractivity contribution in [1.29, 1.82) is 0 Å². The van der Waals surface area contributed by atoms with E-state index in [-0.39, 0.29) is 36.4 Å². The number of aryl methyl sites for hydroxylation is 2. The average Bonchev–Trinajstić information content (AvgIpc) is 3.82. The number of carbonyl (C=O) groups excluding carboxylic acids is 3. The van der Waals surface area contributed by atoms with Crippen LogP contribution in [0.4, 0.5) is 0 Å². The van der Waals surface area contributed by atoms with E-state index < -0.39 is 6.04 Å². The predicted octanol–water partition coefficient (Wildman–Crippen LogP) is 7.33. The largest absolute Gasteiger partial charge is 0.497 e. The van der Waals surface area contributed by atoms with Crippen molar-refractivity contribution in [2.24, 2.45) is 20.0 Å². The van der Waals surface area contributed by atoms with Crippen LogP contribution in [0.2, 0.25) is 0 Å². The van der Waals surface area contributed by atoms with Crippen LogP contribution in [-0.2, 0) is 43.3 Å². The van der Waals surface area contributed by atoms with Gasteiger partial charge in [-0.3, -0.25) is 43.1 Å². The zero-order valence-electron chi connectivity index (χ0n) is 40.4. The number of pyridine rings is 1. The van der Waals surface area contributed by atoms with Crippen molar-refractivity contribution in [3.63, 3.8) is 0 Å². The Morgan fingerprint density at radius 2 is 1.49 bits per heavy atom. The molecule has 3 aromatic carbocycles. The maximum Gasteiger partial charge on any atom is 0.329 e. The second-order valence-corrected chi connectivity index (χ2v) is 20.8. The predicted molar refractivity (Wildman–Crippen MR) is 271 cm³/mol. The van der Waals surface area contributed by atoms with Crippen molar-refractivity contribution in [3.05, 3.63) is 128 Å². The summed E-state index contributed by atoms with van der Waals surface area (Å²) in [6.07, 6.45) is 6.59. The van der Waals surface area contributed by atoms with Crippen LogP contribution >= 0.6 is 15.9 Å². The summed E-state index contributed by atoms with van der Waals surface area (Å²) in [5, 5.41) is 1.16. The van der Waals surface area contributed by atoms with Gasteiger partial charge in [0, 0.05) is 106 Å². The van der Waals surface area contributed by atoms with Gasteiger partial charge in [-0.1, -0.05) is 30.3 Å². The van der Waals surface area contributed by atoms with Crippen molar-refractivity contribution in [1.82, 2.24) is 43.2 Å². The molecule has 0 spiro atoms. The summed E-state index contributed by atoms with van der Waals surface area (Å²) in [7, 11) is 5.46. The molecule has 69 heavy (non-hydrogen) atoms. The van der Waals surface area contributed by atoms with E-state index in [1.807, 2.05) is 42.6 Å². The van der Waals surface area contributed by atoms with E-state index in [4.69, 9.17) is 4.74 Å². The first-order valence-electron chi connectivity index (χ1n) is 24.8. The summed E-state index contributed by atoms with van der Waals surface area (Å²) in [5.41, 5.74) is 7.59. The summed E-state index contributed by atoms with van der Waals surface area (Å²) >= 11 is 3.68. The molecule has 2 atom stereocenters. The smallest absolute Gasteiger partial charge is 0.329 e. The van der Waals surface area contributed by atoms with Crippen LogP contribution in [-0.4, -0.2) is 126 Å². The van der Waals surface area contributed by atoms with E-state index in [0.717, 1.165) is 129 Å². The van der Waals surface area contributed by atoms with Crippen LogP contribution in [0.3, 0.4) is 0 Å². The number of ether oxygens (including phenoxy) is 1. The van der Waals surface area contributed by atoms with E-state index in [9.17, 15) is 19.2 Å². The highest BCUT2D eigenvalue weighted by Crippen LogP contribution is 2.33. The molecule has 14 nitrogen and oxygen atoms in total. The summed E-state index contributed by atoms with van der Waals surface area (Å²) in [4.78, 5) is 69.9. The van der Waals surface area contributed by atoms with Crippen LogP contribution < -0.4 is 10.4 Å². The summed E-state index contributed by atoms with van der Waals surface area (Å²) in [6, 6.07) is 25.8. The lowest BCUT2D eigenvalue weighted by molar-refractivity contribution is -0.151. The molecule has 6 aromatic rings. The van der Waals surface area contributed by atoms with Gasteiger partial charge >= 0.3 is 5.69 Å². The molecule has 4 fully saturated rings. The molecule has 10 rings (SSSR count). The van der Waals surface area contributed by atoms with Gasteiger partial charge in [0.05, 0.1) is 24.7 Å². The molecule has 4 aliphatic rings. The van der Waals surface area contributed by atoms with E-state index in [1.165, 1.54) is 16.2 Å². The Hall–Kier alpha value is -5.61. The van der Waals surface area contributed by atoms with Crippen LogP contribution in [0, 0.1) is 5.92 Å². The van der Waals surface area contributed by atoms with E-state index in [2.05, 4.69) is 102 Å². The fourth-order valence-corrected chi connectivity index (χ4v) is 11.9. The van der Waals surface area contributed by atoms with Gasteiger partial charge in [-0.25, -0.2) is 9.78 Å². The number of rotatable bonds is 12. The van der Waals surface area contributed by atoms with Gasteiger partial charge in [0.15, 0.2) is 0 Å². The normalized spacial score (nSPS) is 20.7. The lowest BCUT2D eigenvalue weighted by Gasteiger charge is -2.42. The maximum absolute atomic E-state index is 13.9. The zero-order chi connectivity index (χ0) is 47.9. The molecule has 4 saturated heterocycles. The average molecular weight is 999 g/mol. The molecule has 0 radical (unpaired) electrons. The number of amides is 3. The minimum Gasteiger partial charge on any atom is -0.497 e. The van der Waals surface area contributed by atoms with Gasteiger partial charge in [-0.15, -0.1) is 0 Å². The lowest BCUT2D eigenvalue weighted by atomic mass is 9.88. The molecule has 0 saturated carbocycles. The first-order valence-corrected chi connectivity index (χ1v) is 25.6. The van der Waals surface area contributed by atoms with Crippen molar-refractivity contribution in [2.45, 2.75) is 83.1 Å². The highest BCUT2D eigenvalue weighted by molar-refractivity contribution is 9.10. The highest BCUT2D eigenvalue weighted by Gasteiger charge is 2.38. The maximum atomic E-state index is 13.9. The first-order chi connectivity index (χ1) is 33.4. The third-order valence-corrected chi connectivity index (χ3v) is 16.4. The Kier molecular flexibility index (Phi) is 13.7. The molecule has 15 heteroatoms. The number of imidazole rings is 1. The summed E-state index contributed by atoms with van der Waals surface area (Å²) in [5.74, 6) is 1.34. The summed E-state index contributed by atoms with van der Waals surface area (Å²) < 4.78 is 11.8. The molecule has 0 aliphatic carbocycles. The third-order valence-electron chi connectivity index (χ3n) is 15.7. The molecule has 7 heterocycles. The van der Waals surface area contributed by atoms with Crippen molar-refractivity contribution in [2.75, 3.05) is 59.5 Å². The number of fused-ring (bicyclic) bond motifs is 2. The monoisotopic (exact) mass is 997 g/mol. The molecule has 4 aliphatic heterocycles. The third kappa shape index (κ3) is 9.67.